The quantitative estimate of drug-likeness (QED) is 0.799. The molecule has 0 aromatic carbocycles. The summed E-state index contributed by atoms with van der Waals surface area (Å²) in [5.41, 5.74) is 1.09. The van der Waals surface area contributed by atoms with Crippen LogP contribution in [-0.2, 0) is 6.42 Å². The Morgan fingerprint density at radius 3 is 3.12 bits per heavy atom. The summed E-state index contributed by atoms with van der Waals surface area (Å²) in [5.74, 6) is 1.94. The van der Waals surface area contributed by atoms with E-state index in [1.165, 1.54) is 12.8 Å². The Morgan fingerprint density at radius 1 is 1.47 bits per heavy atom. The van der Waals surface area contributed by atoms with Crippen LogP contribution in [0.25, 0.3) is 11.5 Å². The SMILES string of the molecule is N#Cc1cc(-c2nc(CC3CC3)no2)ccn1. The molecule has 0 unspecified atom stereocenters. The van der Waals surface area contributed by atoms with Crippen LogP contribution in [0.2, 0.25) is 0 Å². The number of nitrogens with zero attached hydrogens (tertiary/aromatic N) is 4. The van der Waals surface area contributed by atoms with Gasteiger partial charge in [0.15, 0.2) is 5.82 Å². The molecule has 0 aliphatic heterocycles. The second-order valence-corrected chi connectivity index (χ2v) is 4.20. The maximum absolute atomic E-state index is 8.76. The molecule has 5 heteroatoms. The van der Waals surface area contributed by atoms with Gasteiger partial charge in [-0.2, -0.15) is 10.2 Å². The fraction of sp³-hybridized carbons (Fsp3) is 0.333. The first-order valence-electron chi connectivity index (χ1n) is 5.54. The van der Waals surface area contributed by atoms with E-state index in [0.29, 0.717) is 11.6 Å². The summed E-state index contributed by atoms with van der Waals surface area (Å²) in [7, 11) is 0. The lowest BCUT2D eigenvalue weighted by atomic mass is 10.2. The number of rotatable bonds is 3. The van der Waals surface area contributed by atoms with Crippen molar-refractivity contribution >= 4 is 0 Å². The van der Waals surface area contributed by atoms with E-state index in [4.69, 9.17) is 9.78 Å². The summed E-state index contributed by atoms with van der Waals surface area (Å²) in [5, 5.41) is 12.7. The maximum atomic E-state index is 8.76. The van der Waals surface area contributed by atoms with Gasteiger partial charge in [-0.1, -0.05) is 5.16 Å². The lowest BCUT2D eigenvalue weighted by Gasteiger charge is -1.92. The number of pyridine rings is 1. The van der Waals surface area contributed by atoms with E-state index < -0.39 is 0 Å². The lowest BCUT2D eigenvalue weighted by molar-refractivity contribution is 0.421. The molecule has 0 atom stereocenters. The first kappa shape index (κ1) is 9.97. The predicted octanol–water partition coefficient (Wildman–Crippen LogP) is 1.96. The Hall–Kier alpha value is -2.22. The molecule has 1 aliphatic carbocycles. The highest BCUT2D eigenvalue weighted by Crippen LogP contribution is 2.32. The Labute approximate surface area is 98.1 Å². The molecule has 0 amide bonds. The standard InChI is InChI=1S/C12H10N4O/c13-7-10-6-9(3-4-14-10)12-15-11(16-17-12)5-8-1-2-8/h3-4,6,8H,1-2,5H2. The van der Waals surface area contributed by atoms with Crippen LogP contribution < -0.4 is 0 Å². The molecule has 0 radical (unpaired) electrons. The molecule has 1 fully saturated rings. The van der Waals surface area contributed by atoms with Crippen LogP contribution in [0, 0.1) is 17.2 Å². The summed E-state index contributed by atoms with van der Waals surface area (Å²) in [6, 6.07) is 5.39. The normalized spacial score (nSPS) is 14.5. The largest absolute Gasteiger partial charge is 0.334 e. The van der Waals surface area contributed by atoms with Crippen molar-refractivity contribution in [2.45, 2.75) is 19.3 Å². The van der Waals surface area contributed by atoms with Crippen LogP contribution in [0.5, 0.6) is 0 Å². The zero-order chi connectivity index (χ0) is 11.7. The predicted molar refractivity (Wildman–Crippen MR) is 58.7 cm³/mol. The Morgan fingerprint density at radius 2 is 2.35 bits per heavy atom. The van der Waals surface area contributed by atoms with Crippen molar-refractivity contribution in [1.82, 2.24) is 15.1 Å². The molecule has 0 saturated heterocycles. The molecule has 0 bridgehead atoms. The molecule has 17 heavy (non-hydrogen) atoms. The molecule has 3 rings (SSSR count). The first-order valence-corrected chi connectivity index (χ1v) is 5.54. The summed E-state index contributed by atoms with van der Waals surface area (Å²) in [6.07, 6.45) is 4.98. The van der Waals surface area contributed by atoms with Gasteiger partial charge in [-0.3, -0.25) is 0 Å². The highest BCUT2D eigenvalue weighted by Gasteiger charge is 2.24. The van der Waals surface area contributed by atoms with Crippen LogP contribution in [0.4, 0.5) is 0 Å². The fourth-order valence-corrected chi connectivity index (χ4v) is 1.66. The smallest absolute Gasteiger partial charge is 0.258 e. The number of aromatic nitrogens is 3. The van der Waals surface area contributed by atoms with E-state index in [-0.39, 0.29) is 0 Å². The van der Waals surface area contributed by atoms with E-state index in [1.807, 2.05) is 6.07 Å². The molecule has 84 valence electrons. The van der Waals surface area contributed by atoms with Gasteiger partial charge in [0.1, 0.15) is 11.8 Å². The number of hydrogen-bond donors (Lipinski definition) is 0. The Balaban J connectivity index is 1.86. The van der Waals surface area contributed by atoms with E-state index in [0.717, 1.165) is 23.7 Å². The monoisotopic (exact) mass is 226 g/mol. The maximum Gasteiger partial charge on any atom is 0.258 e. The van der Waals surface area contributed by atoms with Crippen molar-refractivity contribution in [2.24, 2.45) is 5.92 Å². The number of hydrogen-bond acceptors (Lipinski definition) is 5. The fourth-order valence-electron chi connectivity index (χ4n) is 1.66. The second-order valence-electron chi connectivity index (χ2n) is 4.20. The van der Waals surface area contributed by atoms with Gasteiger partial charge in [-0.05, 0) is 30.9 Å². The van der Waals surface area contributed by atoms with Gasteiger partial charge < -0.3 is 4.52 Å². The molecule has 0 spiro atoms. The molecular formula is C12H10N4O. The van der Waals surface area contributed by atoms with Gasteiger partial charge in [-0.15, -0.1) is 0 Å². The van der Waals surface area contributed by atoms with E-state index in [2.05, 4.69) is 15.1 Å². The average molecular weight is 226 g/mol. The summed E-state index contributed by atoms with van der Waals surface area (Å²) in [6.45, 7) is 0. The molecule has 2 aromatic heterocycles. The lowest BCUT2D eigenvalue weighted by Crippen LogP contribution is -1.89. The van der Waals surface area contributed by atoms with Gasteiger partial charge in [0.25, 0.3) is 5.89 Å². The topological polar surface area (TPSA) is 75.6 Å². The Bertz CT molecular complexity index is 580. The van der Waals surface area contributed by atoms with E-state index in [1.54, 1.807) is 18.3 Å². The van der Waals surface area contributed by atoms with Crippen LogP contribution in [0.3, 0.4) is 0 Å². The zero-order valence-corrected chi connectivity index (χ0v) is 9.13. The van der Waals surface area contributed by atoms with Crippen molar-refractivity contribution in [3.63, 3.8) is 0 Å². The first-order chi connectivity index (χ1) is 8.35. The van der Waals surface area contributed by atoms with Crippen molar-refractivity contribution in [2.75, 3.05) is 0 Å². The third kappa shape index (κ3) is 2.16. The van der Waals surface area contributed by atoms with E-state index in [9.17, 15) is 0 Å². The van der Waals surface area contributed by atoms with E-state index >= 15 is 0 Å². The van der Waals surface area contributed by atoms with Gasteiger partial charge in [-0.25, -0.2) is 4.98 Å². The molecule has 2 heterocycles. The summed E-state index contributed by atoms with van der Waals surface area (Å²) < 4.78 is 5.18. The highest BCUT2D eigenvalue weighted by molar-refractivity contribution is 5.53. The van der Waals surface area contributed by atoms with Crippen LogP contribution >= 0.6 is 0 Å². The minimum atomic E-state index is 0.351. The van der Waals surface area contributed by atoms with Crippen molar-refractivity contribution < 1.29 is 4.52 Å². The van der Waals surface area contributed by atoms with Crippen LogP contribution in [0.1, 0.15) is 24.4 Å². The minimum absolute atomic E-state index is 0.351. The molecule has 2 aromatic rings. The third-order valence-corrected chi connectivity index (χ3v) is 2.76. The third-order valence-electron chi connectivity index (χ3n) is 2.76. The average Bonchev–Trinajstić information content (AvgIpc) is 3.05. The number of nitriles is 1. The molecule has 1 saturated carbocycles. The van der Waals surface area contributed by atoms with Gasteiger partial charge in [0.2, 0.25) is 0 Å². The summed E-state index contributed by atoms with van der Waals surface area (Å²) in [4.78, 5) is 8.22. The summed E-state index contributed by atoms with van der Waals surface area (Å²) >= 11 is 0. The van der Waals surface area contributed by atoms with Gasteiger partial charge in [0.05, 0.1) is 0 Å². The molecule has 5 nitrogen and oxygen atoms in total. The molecule has 1 aliphatic rings. The van der Waals surface area contributed by atoms with Gasteiger partial charge >= 0.3 is 0 Å². The van der Waals surface area contributed by atoms with Crippen molar-refractivity contribution in [1.29, 1.82) is 5.26 Å². The van der Waals surface area contributed by atoms with Crippen LogP contribution in [-0.4, -0.2) is 15.1 Å². The minimum Gasteiger partial charge on any atom is -0.334 e. The van der Waals surface area contributed by atoms with Crippen LogP contribution in [0.15, 0.2) is 22.9 Å². The van der Waals surface area contributed by atoms with Gasteiger partial charge in [0, 0.05) is 18.2 Å². The molecular weight excluding hydrogens is 216 g/mol. The van der Waals surface area contributed by atoms with Crippen molar-refractivity contribution in [3.8, 4) is 17.5 Å². The second kappa shape index (κ2) is 3.98. The Kier molecular flexibility index (Phi) is 2.33. The highest BCUT2D eigenvalue weighted by atomic mass is 16.5. The van der Waals surface area contributed by atoms with Crippen molar-refractivity contribution in [3.05, 3.63) is 29.8 Å². The zero-order valence-electron chi connectivity index (χ0n) is 9.13. The molecule has 0 N–H and O–H groups in total.